The number of unbranched alkanes of at least 4 members (excludes halogenated alkanes) is 7. The molecule has 2 aromatic rings. The Labute approximate surface area is 194 Å². The van der Waals surface area contributed by atoms with Gasteiger partial charge in [-0.2, -0.15) is 0 Å². The Kier molecular flexibility index (Phi) is 11.0. The largest absolute Gasteiger partial charge is 1.00 e. The van der Waals surface area contributed by atoms with Crippen LogP contribution in [0.5, 0.6) is 0 Å². The van der Waals surface area contributed by atoms with Crippen molar-refractivity contribution in [1.29, 1.82) is 0 Å². The molecule has 0 heterocycles. The molecule has 5 heteroatoms. The van der Waals surface area contributed by atoms with E-state index in [-0.39, 0.29) is 56.3 Å². The molecule has 2 aromatic carbocycles. The molecule has 25 heavy (non-hydrogen) atoms. The molecule has 0 N–H and O–H groups in total. The molecule has 0 spiro atoms. The van der Waals surface area contributed by atoms with E-state index in [9.17, 15) is 13.0 Å². The predicted molar refractivity (Wildman–Crippen MR) is 98.2 cm³/mol. The summed E-state index contributed by atoms with van der Waals surface area (Å²) >= 11 is 0. The number of rotatable bonds is 10. The summed E-state index contributed by atoms with van der Waals surface area (Å²) in [5.41, 5.74) is 0.662. The Hall–Kier alpha value is 0.246. The van der Waals surface area contributed by atoms with Gasteiger partial charge in [0.25, 0.3) is 0 Å². The van der Waals surface area contributed by atoms with Crippen LogP contribution in [0.2, 0.25) is 0 Å². The molecule has 0 aromatic heterocycles. The minimum absolute atomic E-state index is 0. The number of aryl methyl sites for hydroxylation is 1. The van der Waals surface area contributed by atoms with Gasteiger partial charge in [0, 0.05) is 0 Å². The molecule has 0 saturated heterocycles. The van der Waals surface area contributed by atoms with Crippen LogP contribution in [-0.2, 0) is 16.5 Å². The summed E-state index contributed by atoms with van der Waals surface area (Å²) < 4.78 is 35.2. The first-order chi connectivity index (χ1) is 11.5. The quantitative estimate of drug-likeness (QED) is 0.358. The van der Waals surface area contributed by atoms with E-state index in [0.717, 1.165) is 18.2 Å². The average Bonchev–Trinajstić information content (AvgIpc) is 2.55. The normalized spacial score (nSPS) is 11.4. The van der Waals surface area contributed by atoms with Gasteiger partial charge in [-0.1, -0.05) is 88.3 Å². The number of hydrogen-bond acceptors (Lipinski definition) is 3. The van der Waals surface area contributed by atoms with Crippen molar-refractivity contribution in [3.63, 3.8) is 0 Å². The standard InChI is InChI=1S/C20H28O3S.K/c1-2-3-4-5-6-7-8-9-13-18-16-15-17-12-10-11-14-19(17)20(18)24(21,22)23;/h10-12,14-16H,2-9,13H2,1H3,(H,21,22,23);/q;+1/p-1. The third-order valence-electron chi connectivity index (χ3n) is 4.51. The molecule has 0 aliphatic carbocycles. The van der Waals surface area contributed by atoms with Gasteiger partial charge in [-0.15, -0.1) is 0 Å². The van der Waals surface area contributed by atoms with Crippen LogP contribution in [0, 0.1) is 0 Å². The van der Waals surface area contributed by atoms with Gasteiger partial charge in [0.05, 0.1) is 4.90 Å². The van der Waals surface area contributed by atoms with E-state index in [1.807, 2.05) is 18.2 Å². The smallest absolute Gasteiger partial charge is 0.744 e. The van der Waals surface area contributed by atoms with Crippen LogP contribution >= 0.6 is 0 Å². The summed E-state index contributed by atoms with van der Waals surface area (Å²) in [6, 6.07) is 10.9. The molecule has 0 fully saturated rings. The molecular formula is C20H27KO3S. The SMILES string of the molecule is CCCCCCCCCCc1ccc2ccccc2c1S(=O)(=O)[O-].[K+]. The van der Waals surface area contributed by atoms with E-state index >= 15 is 0 Å². The molecule has 0 saturated carbocycles. The Morgan fingerprint density at radius 3 is 2.08 bits per heavy atom. The van der Waals surface area contributed by atoms with Crippen molar-refractivity contribution in [2.45, 2.75) is 69.6 Å². The zero-order valence-electron chi connectivity index (χ0n) is 15.5. The van der Waals surface area contributed by atoms with Crippen molar-refractivity contribution in [3.05, 3.63) is 42.0 Å². The number of fused-ring (bicyclic) bond motifs is 1. The monoisotopic (exact) mass is 386 g/mol. The van der Waals surface area contributed by atoms with Gasteiger partial charge in [-0.3, -0.25) is 0 Å². The Bertz CT molecular complexity index is 757. The molecule has 0 bridgehead atoms. The van der Waals surface area contributed by atoms with Crippen molar-refractivity contribution in [2.75, 3.05) is 0 Å². The molecule has 132 valence electrons. The van der Waals surface area contributed by atoms with Crippen LogP contribution < -0.4 is 51.4 Å². The minimum Gasteiger partial charge on any atom is -0.744 e. The second-order valence-electron chi connectivity index (χ2n) is 6.45. The summed E-state index contributed by atoms with van der Waals surface area (Å²) in [5, 5.41) is 1.34. The van der Waals surface area contributed by atoms with Crippen LogP contribution in [0.3, 0.4) is 0 Å². The summed E-state index contributed by atoms with van der Waals surface area (Å²) in [7, 11) is -4.47. The first-order valence-electron chi connectivity index (χ1n) is 9.00. The summed E-state index contributed by atoms with van der Waals surface area (Å²) in [5.74, 6) is 0. The third kappa shape index (κ3) is 7.41. The van der Waals surface area contributed by atoms with Gasteiger partial charge < -0.3 is 4.55 Å². The van der Waals surface area contributed by atoms with Crippen molar-refractivity contribution < 1.29 is 64.4 Å². The maximum atomic E-state index is 11.7. The third-order valence-corrected chi connectivity index (χ3v) is 5.49. The first-order valence-corrected chi connectivity index (χ1v) is 10.4. The summed E-state index contributed by atoms with van der Waals surface area (Å²) in [4.78, 5) is -0.0245. The molecule has 0 aliphatic heterocycles. The molecule has 0 unspecified atom stereocenters. The summed E-state index contributed by atoms with van der Waals surface area (Å²) in [6.45, 7) is 2.21. The predicted octanol–water partition coefficient (Wildman–Crippen LogP) is 2.43. The fourth-order valence-corrected chi connectivity index (χ4v) is 4.18. The van der Waals surface area contributed by atoms with Gasteiger partial charge >= 0.3 is 51.4 Å². The maximum Gasteiger partial charge on any atom is 1.00 e. The molecule has 0 amide bonds. The minimum atomic E-state index is -4.47. The van der Waals surface area contributed by atoms with Crippen LogP contribution in [-0.4, -0.2) is 13.0 Å². The molecule has 0 aliphatic rings. The van der Waals surface area contributed by atoms with E-state index in [0.29, 0.717) is 17.4 Å². The van der Waals surface area contributed by atoms with Crippen molar-refractivity contribution in [1.82, 2.24) is 0 Å². The molecule has 0 atom stereocenters. The van der Waals surface area contributed by atoms with E-state index in [1.165, 1.54) is 38.5 Å². The summed E-state index contributed by atoms with van der Waals surface area (Å²) in [6.07, 6.45) is 10.2. The number of hydrogen-bond donors (Lipinski definition) is 0. The Balaban J connectivity index is 0.00000312. The Morgan fingerprint density at radius 1 is 0.840 bits per heavy atom. The van der Waals surface area contributed by atoms with Gasteiger partial charge in [-0.05, 0) is 29.2 Å². The van der Waals surface area contributed by atoms with E-state index in [2.05, 4.69) is 6.92 Å². The molecule has 0 radical (unpaired) electrons. The van der Waals surface area contributed by atoms with Gasteiger partial charge in [0.15, 0.2) is 0 Å². The zero-order chi connectivity index (χ0) is 17.4. The molecule has 2 rings (SSSR count). The molecular weight excluding hydrogens is 359 g/mol. The van der Waals surface area contributed by atoms with Crippen molar-refractivity contribution in [2.24, 2.45) is 0 Å². The second kappa shape index (κ2) is 11.9. The zero-order valence-corrected chi connectivity index (χ0v) is 19.4. The van der Waals surface area contributed by atoms with Crippen LogP contribution in [0.4, 0.5) is 0 Å². The second-order valence-corrected chi connectivity index (χ2v) is 7.77. The number of benzene rings is 2. The van der Waals surface area contributed by atoms with Gasteiger partial charge in [0.2, 0.25) is 0 Å². The van der Waals surface area contributed by atoms with Crippen molar-refractivity contribution >= 4 is 20.9 Å². The van der Waals surface area contributed by atoms with E-state index in [4.69, 9.17) is 0 Å². The van der Waals surface area contributed by atoms with Crippen LogP contribution in [0.1, 0.15) is 63.9 Å². The van der Waals surface area contributed by atoms with Gasteiger partial charge in [0.1, 0.15) is 10.1 Å². The van der Waals surface area contributed by atoms with Crippen LogP contribution in [0.25, 0.3) is 10.8 Å². The average molecular weight is 387 g/mol. The van der Waals surface area contributed by atoms with Crippen molar-refractivity contribution in [3.8, 4) is 0 Å². The fraction of sp³-hybridized carbons (Fsp3) is 0.500. The molecule has 3 nitrogen and oxygen atoms in total. The topological polar surface area (TPSA) is 57.2 Å². The van der Waals surface area contributed by atoms with E-state index in [1.54, 1.807) is 18.2 Å². The maximum absolute atomic E-state index is 11.7. The first kappa shape index (κ1) is 23.3. The van der Waals surface area contributed by atoms with E-state index < -0.39 is 10.1 Å². The van der Waals surface area contributed by atoms with Crippen LogP contribution in [0.15, 0.2) is 41.3 Å². The fourth-order valence-electron chi connectivity index (χ4n) is 3.23. The van der Waals surface area contributed by atoms with Gasteiger partial charge in [-0.25, -0.2) is 8.42 Å². The Morgan fingerprint density at radius 2 is 1.44 bits per heavy atom.